The van der Waals surface area contributed by atoms with E-state index in [1.807, 2.05) is 42.5 Å². The summed E-state index contributed by atoms with van der Waals surface area (Å²) in [5.41, 5.74) is 1.57. The molecule has 0 saturated carbocycles. The second-order valence-electron chi connectivity index (χ2n) is 5.40. The average molecular weight is 360 g/mol. The Kier molecular flexibility index (Phi) is 8.06. The van der Waals surface area contributed by atoms with Crippen LogP contribution in [0.5, 0.6) is 5.75 Å². The number of ether oxygens (including phenoxy) is 1. The number of hydrogen-bond acceptors (Lipinski definition) is 5. The molecule has 1 heterocycles. The van der Waals surface area contributed by atoms with Crippen LogP contribution < -0.4 is 15.0 Å². The van der Waals surface area contributed by atoms with Crippen molar-refractivity contribution in [3.05, 3.63) is 59.1 Å². The first-order chi connectivity index (χ1) is 12.2. The van der Waals surface area contributed by atoms with Gasteiger partial charge in [0.15, 0.2) is 0 Å². The molecule has 0 amide bonds. The van der Waals surface area contributed by atoms with Crippen LogP contribution in [0.2, 0.25) is 5.02 Å². The minimum absolute atomic E-state index is 0.0264. The lowest BCUT2D eigenvalue weighted by Gasteiger charge is -2.30. The summed E-state index contributed by atoms with van der Waals surface area (Å²) in [6, 6.07) is 17.1. The number of piperazine rings is 1. The Morgan fingerprint density at radius 3 is 2.44 bits per heavy atom. The Bertz CT molecular complexity index is 683. The Labute approximate surface area is 153 Å². The van der Waals surface area contributed by atoms with Crippen molar-refractivity contribution in [2.24, 2.45) is 0 Å². The molecule has 2 aromatic rings. The van der Waals surface area contributed by atoms with Crippen LogP contribution in [-0.2, 0) is 0 Å². The lowest BCUT2D eigenvalue weighted by Crippen LogP contribution is -2.43. The summed E-state index contributed by atoms with van der Waals surface area (Å²) in [4.78, 5) is 2.20. The van der Waals surface area contributed by atoms with Crippen LogP contribution in [0.3, 0.4) is 0 Å². The van der Waals surface area contributed by atoms with Crippen molar-refractivity contribution in [1.29, 1.82) is 5.26 Å². The van der Waals surface area contributed by atoms with E-state index >= 15 is 0 Å². The molecule has 6 heteroatoms. The van der Waals surface area contributed by atoms with E-state index in [-0.39, 0.29) is 13.2 Å². The molecule has 2 N–H and O–H groups in total. The Balaban J connectivity index is 0.000000269. The molecule has 5 nitrogen and oxygen atoms in total. The average Bonchev–Trinajstić information content (AvgIpc) is 2.68. The summed E-state index contributed by atoms with van der Waals surface area (Å²) < 4.78 is 5.31. The summed E-state index contributed by atoms with van der Waals surface area (Å²) in [6.45, 7) is 3.91. The lowest BCUT2D eigenvalue weighted by molar-refractivity contribution is 0.201. The number of nitriles is 1. The first-order valence-corrected chi connectivity index (χ1v) is 8.56. The first-order valence-electron chi connectivity index (χ1n) is 8.18. The van der Waals surface area contributed by atoms with Gasteiger partial charge in [0, 0.05) is 31.2 Å². The Morgan fingerprint density at radius 1 is 1.16 bits per heavy atom. The van der Waals surface area contributed by atoms with Gasteiger partial charge in [-0.1, -0.05) is 29.8 Å². The van der Waals surface area contributed by atoms with Gasteiger partial charge in [0.1, 0.15) is 18.4 Å². The van der Waals surface area contributed by atoms with Crippen molar-refractivity contribution in [3.63, 3.8) is 0 Å². The number of nitrogens with one attached hydrogen (secondary N) is 1. The second kappa shape index (κ2) is 10.6. The molecular formula is C19H22ClN3O2. The highest BCUT2D eigenvalue weighted by molar-refractivity contribution is 6.30. The van der Waals surface area contributed by atoms with Gasteiger partial charge >= 0.3 is 0 Å². The van der Waals surface area contributed by atoms with Crippen LogP contribution >= 0.6 is 11.6 Å². The van der Waals surface area contributed by atoms with Crippen LogP contribution in [0.4, 0.5) is 5.69 Å². The number of aliphatic hydroxyl groups excluding tert-OH is 1. The van der Waals surface area contributed by atoms with Gasteiger partial charge < -0.3 is 20.1 Å². The maximum Gasteiger partial charge on any atom is 0.120 e. The van der Waals surface area contributed by atoms with Gasteiger partial charge in [-0.2, -0.15) is 5.26 Å². The number of nitrogens with zero attached hydrogens (tertiary/aromatic N) is 2. The van der Waals surface area contributed by atoms with Crippen LogP contribution in [0.15, 0.2) is 48.5 Å². The third kappa shape index (κ3) is 6.28. The molecule has 25 heavy (non-hydrogen) atoms. The number of aliphatic hydroxyl groups is 1. The molecule has 0 spiro atoms. The maximum atomic E-state index is 9.20. The van der Waals surface area contributed by atoms with Gasteiger partial charge in [-0.25, -0.2) is 0 Å². The molecule has 132 valence electrons. The number of anilines is 1. The summed E-state index contributed by atoms with van der Waals surface area (Å²) in [7, 11) is 0. The number of benzene rings is 2. The molecule has 1 aliphatic heterocycles. The lowest BCUT2D eigenvalue weighted by atomic mass is 10.1. The zero-order chi connectivity index (χ0) is 17.9. The highest BCUT2D eigenvalue weighted by Crippen LogP contribution is 2.25. The summed E-state index contributed by atoms with van der Waals surface area (Å²) >= 11 is 5.54. The van der Waals surface area contributed by atoms with E-state index in [1.54, 1.807) is 6.07 Å². The van der Waals surface area contributed by atoms with Crippen molar-refractivity contribution in [2.75, 3.05) is 44.3 Å². The molecular weight excluding hydrogens is 338 g/mol. The van der Waals surface area contributed by atoms with E-state index in [0.717, 1.165) is 36.9 Å². The van der Waals surface area contributed by atoms with Gasteiger partial charge in [0.25, 0.3) is 0 Å². The highest BCUT2D eigenvalue weighted by Gasteiger charge is 2.14. The molecule has 0 atom stereocenters. The predicted molar refractivity (Wildman–Crippen MR) is 100 cm³/mol. The molecule has 0 bridgehead atoms. The van der Waals surface area contributed by atoms with Gasteiger partial charge in [0.2, 0.25) is 0 Å². The van der Waals surface area contributed by atoms with Gasteiger partial charge in [-0.3, -0.25) is 0 Å². The summed E-state index contributed by atoms with van der Waals surface area (Å²) in [5, 5.41) is 22.0. The molecule has 3 rings (SSSR count). The first kappa shape index (κ1) is 19.1. The van der Waals surface area contributed by atoms with E-state index in [2.05, 4.69) is 16.3 Å². The van der Waals surface area contributed by atoms with Gasteiger partial charge in [0.05, 0.1) is 17.9 Å². The van der Waals surface area contributed by atoms with Gasteiger partial charge in [-0.05, 0) is 30.3 Å². The van der Waals surface area contributed by atoms with E-state index in [0.29, 0.717) is 11.3 Å². The van der Waals surface area contributed by atoms with E-state index in [4.69, 9.17) is 21.4 Å². The second-order valence-corrected chi connectivity index (χ2v) is 5.83. The molecule has 0 radical (unpaired) electrons. The predicted octanol–water partition coefficient (Wildman–Crippen LogP) is 2.68. The van der Waals surface area contributed by atoms with Crippen LogP contribution in [0, 0.1) is 11.3 Å². The number of halogens is 1. The van der Waals surface area contributed by atoms with Crippen molar-refractivity contribution < 1.29 is 9.84 Å². The number of hydrogen-bond donors (Lipinski definition) is 2. The fourth-order valence-corrected chi connectivity index (χ4v) is 2.60. The minimum Gasteiger partial charge on any atom is -0.491 e. The molecule has 2 aromatic carbocycles. The smallest absolute Gasteiger partial charge is 0.120 e. The molecule has 1 saturated heterocycles. The largest absolute Gasteiger partial charge is 0.491 e. The zero-order valence-electron chi connectivity index (χ0n) is 14.0. The van der Waals surface area contributed by atoms with E-state index in [1.165, 1.54) is 0 Å². The third-order valence-corrected chi connectivity index (χ3v) is 3.89. The van der Waals surface area contributed by atoms with E-state index < -0.39 is 0 Å². The van der Waals surface area contributed by atoms with Crippen LogP contribution in [0.1, 0.15) is 5.56 Å². The quantitative estimate of drug-likeness (QED) is 0.878. The number of rotatable bonds is 4. The van der Waals surface area contributed by atoms with Gasteiger partial charge in [-0.15, -0.1) is 0 Å². The third-order valence-electron chi connectivity index (χ3n) is 3.64. The van der Waals surface area contributed by atoms with Crippen LogP contribution in [0.25, 0.3) is 0 Å². The molecule has 0 unspecified atom stereocenters. The molecule has 1 aliphatic rings. The summed E-state index contributed by atoms with van der Waals surface area (Å²) in [5.74, 6) is 0.625. The Hall–Kier alpha value is -2.26. The Morgan fingerprint density at radius 2 is 1.88 bits per heavy atom. The van der Waals surface area contributed by atoms with Crippen molar-refractivity contribution in [3.8, 4) is 11.8 Å². The topological polar surface area (TPSA) is 68.5 Å². The summed E-state index contributed by atoms with van der Waals surface area (Å²) in [6.07, 6.45) is 0. The van der Waals surface area contributed by atoms with E-state index in [9.17, 15) is 5.26 Å². The highest BCUT2D eigenvalue weighted by atomic mass is 35.5. The van der Waals surface area contributed by atoms with Crippen LogP contribution in [-0.4, -0.2) is 44.5 Å². The fraction of sp³-hybridized carbons (Fsp3) is 0.316. The molecule has 0 aromatic heterocycles. The standard InChI is InChI=1S/C13H17N3O2.C6H5Cl/c14-10-11-9-12(18-8-7-17)1-2-13(11)16-5-3-15-4-6-16;7-6-4-2-1-3-5-6/h1-2,9,15,17H,3-8H2;1-5H. The normalized spacial score (nSPS) is 13.4. The minimum atomic E-state index is -0.0264. The molecule has 1 fully saturated rings. The zero-order valence-corrected chi connectivity index (χ0v) is 14.7. The SMILES string of the molecule is Clc1ccccc1.N#Cc1cc(OCCO)ccc1N1CCNCC1. The van der Waals surface area contributed by atoms with Crippen molar-refractivity contribution in [2.45, 2.75) is 0 Å². The maximum absolute atomic E-state index is 9.20. The monoisotopic (exact) mass is 359 g/mol. The fourth-order valence-electron chi connectivity index (χ4n) is 2.45. The van der Waals surface area contributed by atoms with Crippen molar-refractivity contribution in [1.82, 2.24) is 5.32 Å². The molecule has 0 aliphatic carbocycles. The van der Waals surface area contributed by atoms with Crippen molar-refractivity contribution >= 4 is 17.3 Å².